The van der Waals surface area contributed by atoms with E-state index in [2.05, 4.69) is 6.92 Å². The third-order valence-corrected chi connectivity index (χ3v) is 4.86. The molecule has 0 aliphatic carbocycles. The fourth-order valence-corrected chi connectivity index (χ4v) is 3.79. The van der Waals surface area contributed by atoms with Crippen LogP contribution >= 0.6 is 23.4 Å². The number of rotatable bonds is 3. The van der Waals surface area contributed by atoms with Gasteiger partial charge in [0.15, 0.2) is 0 Å². The maximum atomic E-state index is 11.8. The molecule has 1 fully saturated rings. The molecular formula is C13H16ClNOS. The van der Waals surface area contributed by atoms with Crippen LogP contribution in [0, 0.1) is 0 Å². The van der Waals surface area contributed by atoms with Gasteiger partial charge in [0.25, 0.3) is 0 Å². The number of amides is 1. The van der Waals surface area contributed by atoms with E-state index in [9.17, 15) is 4.79 Å². The molecule has 2 rings (SSSR count). The quantitative estimate of drug-likeness (QED) is 0.839. The molecule has 0 saturated carbocycles. The molecule has 1 heterocycles. The van der Waals surface area contributed by atoms with Crippen molar-refractivity contribution in [1.82, 2.24) is 4.90 Å². The molecule has 4 heteroatoms. The van der Waals surface area contributed by atoms with Crippen LogP contribution < -0.4 is 0 Å². The zero-order valence-electron chi connectivity index (χ0n) is 10.0. The van der Waals surface area contributed by atoms with Crippen molar-refractivity contribution in [2.75, 3.05) is 13.6 Å². The first-order chi connectivity index (χ1) is 8.09. The Hall–Kier alpha value is -0.670. The smallest absolute Gasteiger partial charge is 0.235 e. The van der Waals surface area contributed by atoms with Gasteiger partial charge in [0, 0.05) is 23.9 Å². The van der Waals surface area contributed by atoms with Crippen LogP contribution in [0.25, 0.3) is 0 Å². The van der Waals surface area contributed by atoms with Gasteiger partial charge in [-0.2, -0.15) is 0 Å². The van der Waals surface area contributed by atoms with Gasteiger partial charge in [0.1, 0.15) is 0 Å². The van der Waals surface area contributed by atoms with Crippen molar-refractivity contribution in [3.63, 3.8) is 0 Å². The average Bonchev–Trinajstić information content (AvgIpc) is 2.61. The number of likely N-dealkylation sites (tertiary alicyclic amines) is 1. The molecule has 2 nitrogen and oxygen atoms in total. The third-order valence-electron chi connectivity index (χ3n) is 3.09. The van der Waals surface area contributed by atoms with Gasteiger partial charge in [-0.1, -0.05) is 29.8 Å². The Kier molecular flexibility index (Phi) is 4.00. The van der Waals surface area contributed by atoms with E-state index in [0.717, 1.165) is 23.6 Å². The Bertz CT molecular complexity index is 424. The number of benzene rings is 1. The zero-order chi connectivity index (χ0) is 12.4. The SMILES string of the molecule is C[C@@H](S[C@H]1CCN(C)C1=O)c1ccccc1Cl. The molecule has 0 spiro atoms. The van der Waals surface area contributed by atoms with Crippen LogP contribution in [0.3, 0.4) is 0 Å². The molecule has 1 aromatic rings. The van der Waals surface area contributed by atoms with Gasteiger partial charge in [-0.05, 0) is 25.0 Å². The molecule has 0 N–H and O–H groups in total. The highest BCUT2D eigenvalue weighted by Gasteiger charge is 2.31. The lowest BCUT2D eigenvalue weighted by molar-refractivity contribution is -0.126. The Labute approximate surface area is 111 Å². The molecule has 1 aliphatic heterocycles. The number of carbonyl (C=O) groups is 1. The Morgan fingerprint density at radius 2 is 2.18 bits per heavy atom. The molecule has 1 saturated heterocycles. The summed E-state index contributed by atoms with van der Waals surface area (Å²) in [6.45, 7) is 2.98. The first-order valence-electron chi connectivity index (χ1n) is 5.74. The van der Waals surface area contributed by atoms with Crippen LogP contribution in [-0.2, 0) is 4.79 Å². The summed E-state index contributed by atoms with van der Waals surface area (Å²) in [6, 6.07) is 7.85. The molecule has 1 amide bonds. The number of hydrogen-bond acceptors (Lipinski definition) is 2. The molecule has 92 valence electrons. The van der Waals surface area contributed by atoms with Crippen LogP contribution in [0.4, 0.5) is 0 Å². The van der Waals surface area contributed by atoms with Crippen LogP contribution in [0.15, 0.2) is 24.3 Å². The molecular weight excluding hydrogens is 254 g/mol. The summed E-state index contributed by atoms with van der Waals surface area (Å²) in [5, 5.41) is 1.13. The number of thioether (sulfide) groups is 1. The highest BCUT2D eigenvalue weighted by molar-refractivity contribution is 8.00. The summed E-state index contributed by atoms with van der Waals surface area (Å²) < 4.78 is 0. The maximum absolute atomic E-state index is 11.8. The van der Waals surface area contributed by atoms with Crippen molar-refractivity contribution in [2.24, 2.45) is 0 Å². The van der Waals surface area contributed by atoms with Gasteiger partial charge in [0.2, 0.25) is 5.91 Å². The van der Waals surface area contributed by atoms with Gasteiger partial charge in [-0.3, -0.25) is 4.79 Å². The lowest BCUT2D eigenvalue weighted by Crippen LogP contribution is -2.24. The lowest BCUT2D eigenvalue weighted by Gasteiger charge is -2.17. The van der Waals surface area contributed by atoms with Crippen LogP contribution in [-0.4, -0.2) is 29.6 Å². The fourth-order valence-electron chi connectivity index (χ4n) is 2.04. The monoisotopic (exact) mass is 269 g/mol. The first kappa shape index (κ1) is 12.8. The Morgan fingerprint density at radius 1 is 1.47 bits per heavy atom. The minimum Gasteiger partial charge on any atom is -0.345 e. The van der Waals surface area contributed by atoms with E-state index >= 15 is 0 Å². The van der Waals surface area contributed by atoms with Crippen molar-refractivity contribution in [3.8, 4) is 0 Å². The second kappa shape index (κ2) is 5.32. The number of nitrogens with zero attached hydrogens (tertiary/aromatic N) is 1. The van der Waals surface area contributed by atoms with E-state index in [1.54, 1.807) is 16.7 Å². The van der Waals surface area contributed by atoms with E-state index in [1.807, 2.05) is 31.3 Å². The van der Waals surface area contributed by atoms with E-state index in [0.29, 0.717) is 0 Å². The van der Waals surface area contributed by atoms with Gasteiger partial charge >= 0.3 is 0 Å². The van der Waals surface area contributed by atoms with Crippen molar-refractivity contribution >= 4 is 29.3 Å². The van der Waals surface area contributed by atoms with E-state index in [4.69, 9.17) is 11.6 Å². The minimum atomic E-state index is 0.0891. The van der Waals surface area contributed by atoms with Crippen LogP contribution in [0.1, 0.15) is 24.2 Å². The third kappa shape index (κ3) is 2.78. The Morgan fingerprint density at radius 3 is 2.76 bits per heavy atom. The van der Waals surface area contributed by atoms with Gasteiger partial charge in [-0.15, -0.1) is 11.8 Å². The maximum Gasteiger partial charge on any atom is 0.235 e. The normalized spacial score (nSPS) is 21.9. The number of carbonyl (C=O) groups excluding carboxylic acids is 1. The summed E-state index contributed by atoms with van der Waals surface area (Å²) in [7, 11) is 1.86. The largest absolute Gasteiger partial charge is 0.345 e. The first-order valence-corrected chi connectivity index (χ1v) is 7.06. The van der Waals surface area contributed by atoms with Gasteiger partial charge in [0.05, 0.1) is 5.25 Å². The summed E-state index contributed by atoms with van der Waals surface area (Å²) in [5.74, 6) is 0.244. The van der Waals surface area contributed by atoms with Crippen molar-refractivity contribution in [3.05, 3.63) is 34.9 Å². The molecule has 0 unspecified atom stereocenters. The van der Waals surface area contributed by atoms with Crippen molar-refractivity contribution in [1.29, 1.82) is 0 Å². The summed E-state index contributed by atoms with van der Waals surface area (Å²) in [4.78, 5) is 13.6. The average molecular weight is 270 g/mol. The molecule has 1 aliphatic rings. The molecule has 1 aromatic carbocycles. The predicted octanol–water partition coefficient (Wildman–Crippen LogP) is 3.36. The highest BCUT2D eigenvalue weighted by atomic mass is 35.5. The van der Waals surface area contributed by atoms with Crippen LogP contribution in [0.2, 0.25) is 5.02 Å². The van der Waals surface area contributed by atoms with Crippen molar-refractivity contribution in [2.45, 2.75) is 23.8 Å². The molecule has 0 bridgehead atoms. The lowest BCUT2D eigenvalue weighted by atomic mass is 10.2. The molecule has 2 atom stereocenters. The minimum absolute atomic E-state index is 0.0891. The summed E-state index contributed by atoms with van der Waals surface area (Å²) >= 11 is 7.87. The van der Waals surface area contributed by atoms with E-state index < -0.39 is 0 Å². The van der Waals surface area contributed by atoms with Gasteiger partial charge < -0.3 is 4.90 Å². The topological polar surface area (TPSA) is 20.3 Å². The van der Waals surface area contributed by atoms with Gasteiger partial charge in [-0.25, -0.2) is 0 Å². The number of hydrogen-bond donors (Lipinski definition) is 0. The van der Waals surface area contributed by atoms with Crippen LogP contribution in [0.5, 0.6) is 0 Å². The Balaban J connectivity index is 2.05. The number of halogens is 1. The van der Waals surface area contributed by atoms with Crippen molar-refractivity contribution < 1.29 is 4.79 Å². The second-order valence-electron chi connectivity index (χ2n) is 4.34. The molecule has 0 aromatic heterocycles. The zero-order valence-corrected chi connectivity index (χ0v) is 11.6. The molecule has 17 heavy (non-hydrogen) atoms. The van der Waals surface area contributed by atoms with E-state index in [1.165, 1.54) is 0 Å². The fraction of sp³-hybridized carbons (Fsp3) is 0.462. The van der Waals surface area contributed by atoms with E-state index in [-0.39, 0.29) is 16.4 Å². The highest BCUT2D eigenvalue weighted by Crippen LogP contribution is 2.38. The second-order valence-corrected chi connectivity index (χ2v) is 6.29. The molecule has 0 radical (unpaired) electrons. The summed E-state index contributed by atoms with van der Waals surface area (Å²) in [6.07, 6.45) is 0.939. The summed E-state index contributed by atoms with van der Waals surface area (Å²) in [5.41, 5.74) is 1.11. The standard InChI is InChI=1S/C13H16ClNOS/c1-9(10-5-3-4-6-11(10)14)17-12-7-8-15(2)13(12)16/h3-6,9,12H,7-8H2,1-2H3/t9-,12+/m1/s1. The predicted molar refractivity (Wildman–Crippen MR) is 73.5 cm³/mol.